The van der Waals surface area contributed by atoms with Gasteiger partial charge < -0.3 is 14.2 Å². The number of rotatable bonds is 54. The van der Waals surface area contributed by atoms with Crippen LogP contribution >= 0.6 is 0 Å². The van der Waals surface area contributed by atoms with Crippen molar-refractivity contribution < 1.29 is 28.6 Å². The van der Waals surface area contributed by atoms with Crippen LogP contribution in [0.2, 0.25) is 0 Å². The Balaban J connectivity index is 4.37. The topological polar surface area (TPSA) is 78.9 Å². The summed E-state index contributed by atoms with van der Waals surface area (Å²) in [7, 11) is 0. The van der Waals surface area contributed by atoms with Crippen LogP contribution in [-0.2, 0) is 28.6 Å². The largest absolute Gasteiger partial charge is 0.462 e. The summed E-state index contributed by atoms with van der Waals surface area (Å²) in [4.78, 5) is 38.2. The molecule has 0 rings (SSSR count). The second-order valence-corrected chi connectivity index (χ2v) is 19.9. The number of hydrogen-bond donors (Lipinski definition) is 0. The van der Waals surface area contributed by atoms with Crippen molar-refractivity contribution >= 4 is 17.9 Å². The van der Waals surface area contributed by atoms with Crippen LogP contribution in [0.1, 0.15) is 310 Å². The first-order chi connectivity index (χ1) is 33.5. The van der Waals surface area contributed by atoms with Crippen molar-refractivity contribution in [2.24, 2.45) is 0 Å². The van der Waals surface area contributed by atoms with E-state index < -0.39 is 6.10 Å². The molecule has 0 amide bonds. The van der Waals surface area contributed by atoms with Gasteiger partial charge in [-0.1, -0.05) is 256 Å². The van der Waals surface area contributed by atoms with Gasteiger partial charge in [-0.2, -0.15) is 0 Å². The van der Waals surface area contributed by atoms with E-state index in [-0.39, 0.29) is 31.1 Å². The Kier molecular flexibility index (Phi) is 54.8. The molecular weight excluding hydrogens is 841 g/mol. The predicted molar refractivity (Wildman–Crippen MR) is 293 cm³/mol. The van der Waals surface area contributed by atoms with Gasteiger partial charge in [-0.25, -0.2) is 0 Å². The van der Waals surface area contributed by atoms with E-state index in [1.807, 2.05) is 0 Å². The van der Waals surface area contributed by atoms with Gasteiger partial charge in [0.25, 0.3) is 0 Å². The number of carbonyl (C=O) groups excluding carboxylic acids is 3. The molecule has 68 heavy (non-hydrogen) atoms. The Hall–Kier alpha value is -2.63. The molecule has 0 fully saturated rings. The monoisotopic (exact) mass is 953 g/mol. The quantitative estimate of drug-likeness (QED) is 0.0262. The summed E-state index contributed by atoms with van der Waals surface area (Å²) in [5.74, 6) is -0.884. The van der Waals surface area contributed by atoms with Crippen LogP contribution in [0.15, 0.2) is 48.6 Å². The molecule has 0 aromatic rings. The lowest BCUT2D eigenvalue weighted by Gasteiger charge is -2.18. The number of ether oxygens (including phenoxy) is 3. The third kappa shape index (κ3) is 54.3. The van der Waals surface area contributed by atoms with Crippen molar-refractivity contribution in [3.63, 3.8) is 0 Å². The fraction of sp³-hybridized carbons (Fsp3) is 0.823. The first kappa shape index (κ1) is 65.4. The zero-order valence-corrected chi connectivity index (χ0v) is 45.4. The van der Waals surface area contributed by atoms with Gasteiger partial charge in [0.15, 0.2) is 6.10 Å². The normalized spacial score (nSPS) is 12.3. The van der Waals surface area contributed by atoms with E-state index >= 15 is 0 Å². The number of hydrogen-bond acceptors (Lipinski definition) is 6. The molecule has 0 aromatic carbocycles. The van der Waals surface area contributed by atoms with E-state index in [1.54, 1.807) is 0 Å². The molecule has 6 heteroatoms. The molecule has 0 saturated heterocycles. The molecular formula is C62H112O6. The van der Waals surface area contributed by atoms with E-state index in [4.69, 9.17) is 14.2 Å². The van der Waals surface area contributed by atoms with Gasteiger partial charge in [0, 0.05) is 19.3 Å². The number of unbranched alkanes of at least 4 members (excludes halogenated alkanes) is 35. The van der Waals surface area contributed by atoms with Crippen LogP contribution in [0.25, 0.3) is 0 Å². The smallest absolute Gasteiger partial charge is 0.306 e. The average molecular weight is 954 g/mol. The summed E-state index contributed by atoms with van der Waals surface area (Å²) in [6.07, 6.45) is 69.5. The van der Waals surface area contributed by atoms with Gasteiger partial charge >= 0.3 is 17.9 Å². The molecule has 396 valence electrons. The van der Waals surface area contributed by atoms with Crippen LogP contribution in [0, 0.1) is 0 Å². The highest BCUT2D eigenvalue weighted by Crippen LogP contribution is 2.16. The highest BCUT2D eigenvalue weighted by molar-refractivity contribution is 5.71. The van der Waals surface area contributed by atoms with Crippen LogP contribution in [-0.4, -0.2) is 37.2 Å². The van der Waals surface area contributed by atoms with Crippen LogP contribution < -0.4 is 0 Å². The summed E-state index contributed by atoms with van der Waals surface area (Å²) in [5.41, 5.74) is 0. The van der Waals surface area contributed by atoms with E-state index in [2.05, 4.69) is 69.4 Å². The first-order valence-electron chi connectivity index (χ1n) is 29.6. The second kappa shape index (κ2) is 57.0. The molecule has 0 aliphatic carbocycles. The zero-order valence-electron chi connectivity index (χ0n) is 45.4. The Labute approximate surface area is 422 Å². The van der Waals surface area contributed by atoms with Gasteiger partial charge in [-0.15, -0.1) is 0 Å². The van der Waals surface area contributed by atoms with Crippen molar-refractivity contribution in [3.8, 4) is 0 Å². The zero-order chi connectivity index (χ0) is 49.3. The van der Waals surface area contributed by atoms with E-state index in [1.165, 1.54) is 180 Å². The highest BCUT2D eigenvalue weighted by atomic mass is 16.6. The van der Waals surface area contributed by atoms with Crippen LogP contribution in [0.3, 0.4) is 0 Å². The number of esters is 3. The van der Waals surface area contributed by atoms with E-state index in [0.717, 1.165) is 89.9 Å². The summed E-state index contributed by atoms with van der Waals surface area (Å²) in [6.45, 7) is 6.61. The lowest BCUT2D eigenvalue weighted by atomic mass is 10.0. The standard InChI is InChI=1S/C62H112O6/c1-4-7-10-13-16-19-22-25-28-30-32-34-37-40-43-46-49-52-55-61(64)67-58-59(57-66-60(63)54-51-48-45-42-39-36-33-27-24-21-18-15-12-9-6-3)68-62(65)56-53-50-47-44-41-38-35-31-29-26-23-20-17-14-11-8-5-2/h17-18,20-21,26-27,29,33,59H,4-16,19,22-25,28,30-32,34-58H2,1-3H3/b20-17-,21-18-,29-26-,33-27-/t59-/m1/s1. The Morgan fingerprint density at radius 1 is 0.294 bits per heavy atom. The molecule has 0 aliphatic heterocycles. The summed E-state index contributed by atoms with van der Waals surface area (Å²) in [6, 6.07) is 0. The van der Waals surface area contributed by atoms with Gasteiger partial charge in [0.05, 0.1) is 0 Å². The number of carbonyl (C=O) groups is 3. The molecule has 0 radical (unpaired) electrons. The van der Waals surface area contributed by atoms with Gasteiger partial charge in [0.1, 0.15) is 13.2 Å². The second-order valence-electron chi connectivity index (χ2n) is 19.9. The third-order valence-electron chi connectivity index (χ3n) is 13.1. The molecule has 0 heterocycles. The summed E-state index contributed by atoms with van der Waals surface area (Å²) < 4.78 is 16.9. The maximum Gasteiger partial charge on any atom is 0.306 e. The van der Waals surface area contributed by atoms with Gasteiger partial charge in [0.2, 0.25) is 0 Å². The summed E-state index contributed by atoms with van der Waals surface area (Å²) >= 11 is 0. The molecule has 0 aliphatic rings. The highest BCUT2D eigenvalue weighted by Gasteiger charge is 2.19. The molecule has 0 saturated carbocycles. The molecule has 1 atom stereocenters. The molecule has 0 bridgehead atoms. The van der Waals surface area contributed by atoms with Crippen molar-refractivity contribution in [3.05, 3.63) is 48.6 Å². The molecule has 0 N–H and O–H groups in total. The van der Waals surface area contributed by atoms with Crippen molar-refractivity contribution in [2.75, 3.05) is 13.2 Å². The van der Waals surface area contributed by atoms with Crippen molar-refractivity contribution in [1.29, 1.82) is 0 Å². The Morgan fingerprint density at radius 2 is 0.529 bits per heavy atom. The lowest BCUT2D eigenvalue weighted by Crippen LogP contribution is -2.30. The number of allylic oxidation sites excluding steroid dienone is 8. The average Bonchev–Trinajstić information content (AvgIpc) is 3.34. The first-order valence-corrected chi connectivity index (χ1v) is 29.6. The fourth-order valence-electron chi connectivity index (χ4n) is 8.56. The fourth-order valence-corrected chi connectivity index (χ4v) is 8.56. The maximum absolute atomic E-state index is 12.9. The van der Waals surface area contributed by atoms with Crippen LogP contribution in [0.4, 0.5) is 0 Å². The molecule has 0 spiro atoms. The lowest BCUT2D eigenvalue weighted by molar-refractivity contribution is -0.167. The van der Waals surface area contributed by atoms with E-state index in [0.29, 0.717) is 19.3 Å². The third-order valence-corrected chi connectivity index (χ3v) is 13.1. The van der Waals surface area contributed by atoms with Crippen molar-refractivity contribution in [2.45, 2.75) is 316 Å². The van der Waals surface area contributed by atoms with Gasteiger partial charge in [-0.05, 0) is 83.5 Å². The van der Waals surface area contributed by atoms with Gasteiger partial charge in [-0.3, -0.25) is 14.4 Å². The Morgan fingerprint density at radius 3 is 0.838 bits per heavy atom. The molecule has 6 nitrogen and oxygen atoms in total. The maximum atomic E-state index is 12.9. The summed E-state index contributed by atoms with van der Waals surface area (Å²) in [5, 5.41) is 0. The Bertz CT molecular complexity index is 1190. The predicted octanol–water partition coefficient (Wildman–Crippen LogP) is 19.8. The molecule has 0 aromatic heterocycles. The van der Waals surface area contributed by atoms with Crippen molar-refractivity contribution in [1.82, 2.24) is 0 Å². The van der Waals surface area contributed by atoms with E-state index in [9.17, 15) is 14.4 Å². The minimum absolute atomic E-state index is 0.0778. The van der Waals surface area contributed by atoms with Crippen LogP contribution in [0.5, 0.6) is 0 Å². The minimum atomic E-state index is -0.781. The molecule has 0 unspecified atom stereocenters. The SMILES string of the molecule is CCCCC/C=C\C/C=C\CCCCCCCCCC(=O)O[C@H](COC(=O)CCCCCCC/C=C\C/C=C\CCCCC)COC(=O)CCCCCCCCCCCCCCCCCCCC. The minimum Gasteiger partial charge on any atom is -0.462 e.